The molecular formula is C18H36N2O. The molecule has 0 radical (unpaired) electrons. The highest BCUT2D eigenvalue weighted by atomic mass is 16.1. The Morgan fingerprint density at radius 1 is 0.952 bits per heavy atom. The molecule has 3 N–H and O–H groups in total. The van der Waals surface area contributed by atoms with Crippen molar-refractivity contribution in [3.05, 3.63) is 0 Å². The SMILES string of the molecule is CCCCCCCCCCNC(=O)CC1CCC(N)CC1. The maximum Gasteiger partial charge on any atom is 0.220 e. The molecular weight excluding hydrogens is 260 g/mol. The minimum atomic E-state index is 0.249. The normalized spacial score (nSPS) is 22.2. The molecule has 21 heavy (non-hydrogen) atoms. The van der Waals surface area contributed by atoms with E-state index in [0.29, 0.717) is 18.4 Å². The average molecular weight is 296 g/mol. The first-order chi connectivity index (χ1) is 10.2. The zero-order valence-corrected chi connectivity index (χ0v) is 14.0. The first kappa shape index (κ1) is 18.5. The van der Waals surface area contributed by atoms with Gasteiger partial charge in [-0.15, -0.1) is 0 Å². The van der Waals surface area contributed by atoms with Gasteiger partial charge >= 0.3 is 0 Å². The second-order valence-corrected chi connectivity index (χ2v) is 6.81. The number of amides is 1. The van der Waals surface area contributed by atoms with E-state index in [2.05, 4.69) is 12.2 Å². The molecule has 3 heteroatoms. The van der Waals surface area contributed by atoms with Gasteiger partial charge < -0.3 is 11.1 Å². The number of nitrogens with two attached hydrogens (primary N) is 1. The number of carbonyl (C=O) groups excluding carboxylic acids is 1. The Morgan fingerprint density at radius 2 is 1.52 bits per heavy atom. The molecule has 1 saturated carbocycles. The van der Waals surface area contributed by atoms with Crippen molar-refractivity contribution in [2.75, 3.05) is 6.54 Å². The fraction of sp³-hybridized carbons (Fsp3) is 0.944. The molecule has 0 unspecified atom stereocenters. The van der Waals surface area contributed by atoms with Crippen molar-refractivity contribution in [2.24, 2.45) is 11.7 Å². The average Bonchev–Trinajstić information content (AvgIpc) is 2.48. The van der Waals surface area contributed by atoms with Crippen LogP contribution in [0.15, 0.2) is 0 Å². The van der Waals surface area contributed by atoms with E-state index < -0.39 is 0 Å². The Morgan fingerprint density at radius 3 is 2.14 bits per heavy atom. The van der Waals surface area contributed by atoms with Gasteiger partial charge in [-0.2, -0.15) is 0 Å². The number of carbonyl (C=O) groups is 1. The largest absolute Gasteiger partial charge is 0.356 e. The zero-order chi connectivity index (χ0) is 15.3. The third kappa shape index (κ3) is 9.89. The molecule has 0 atom stereocenters. The van der Waals surface area contributed by atoms with Gasteiger partial charge in [0.2, 0.25) is 5.91 Å². The topological polar surface area (TPSA) is 55.1 Å². The minimum Gasteiger partial charge on any atom is -0.356 e. The molecule has 0 aromatic carbocycles. The van der Waals surface area contributed by atoms with E-state index in [-0.39, 0.29) is 5.91 Å². The predicted octanol–water partition coefficient (Wildman–Crippen LogP) is 4.15. The summed E-state index contributed by atoms with van der Waals surface area (Å²) in [6, 6.07) is 0.377. The smallest absolute Gasteiger partial charge is 0.220 e. The van der Waals surface area contributed by atoms with Crippen LogP contribution < -0.4 is 11.1 Å². The molecule has 0 aliphatic heterocycles. The Kier molecular flexibility index (Phi) is 10.6. The molecule has 0 spiro atoms. The third-order valence-electron chi connectivity index (χ3n) is 4.72. The highest BCUT2D eigenvalue weighted by Crippen LogP contribution is 2.25. The first-order valence-corrected chi connectivity index (χ1v) is 9.24. The molecule has 1 fully saturated rings. The van der Waals surface area contributed by atoms with Crippen LogP contribution in [0.2, 0.25) is 0 Å². The van der Waals surface area contributed by atoms with Crippen molar-refractivity contribution < 1.29 is 4.79 Å². The molecule has 1 aliphatic carbocycles. The summed E-state index contributed by atoms with van der Waals surface area (Å²) in [4.78, 5) is 11.9. The van der Waals surface area contributed by atoms with E-state index in [1.165, 1.54) is 44.9 Å². The van der Waals surface area contributed by atoms with Crippen molar-refractivity contribution >= 4 is 5.91 Å². The van der Waals surface area contributed by atoms with Gasteiger partial charge in [0.15, 0.2) is 0 Å². The number of nitrogens with one attached hydrogen (secondary N) is 1. The van der Waals surface area contributed by atoms with Crippen molar-refractivity contribution in [1.29, 1.82) is 0 Å². The van der Waals surface area contributed by atoms with Crippen molar-refractivity contribution in [3.63, 3.8) is 0 Å². The first-order valence-electron chi connectivity index (χ1n) is 9.24. The molecule has 0 bridgehead atoms. The second kappa shape index (κ2) is 12.0. The summed E-state index contributed by atoms with van der Waals surface area (Å²) >= 11 is 0. The van der Waals surface area contributed by atoms with Crippen molar-refractivity contribution in [2.45, 2.75) is 96.4 Å². The Labute approximate surface area is 131 Å². The fourth-order valence-corrected chi connectivity index (χ4v) is 3.21. The molecule has 124 valence electrons. The standard InChI is InChI=1S/C18H36N2O/c1-2-3-4-5-6-7-8-9-14-20-18(21)15-16-10-12-17(19)13-11-16/h16-17H,2-15,19H2,1H3,(H,20,21). The van der Waals surface area contributed by atoms with Gasteiger partial charge in [-0.05, 0) is 38.0 Å². The Hall–Kier alpha value is -0.570. The fourth-order valence-electron chi connectivity index (χ4n) is 3.21. The van der Waals surface area contributed by atoms with Crippen LogP contribution in [0.3, 0.4) is 0 Å². The molecule has 1 rings (SSSR count). The van der Waals surface area contributed by atoms with Crippen LogP contribution in [0.5, 0.6) is 0 Å². The third-order valence-corrected chi connectivity index (χ3v) is 4.72. The Balaban J connectivity index is 1.87. The summed E-state index contributed by atoms with van der Waals surface area (Å²) in [5, 5.41) is 3.08. The van der Waals surface area contributed by atoms with E-state index in [1.54, 1.807) is 0 Å². The molecule has 0 aromatic rings. The van der Waals surface area contributed by atoms with Gasteiger partial charge in [0.25, 0.3) is 0 Å². The van der Waals surface area contributed by atoms with Gasteiger partial charge in [0.1, 0.15) is 0 Å². The summed E-state index contributed by atoms with van der Waals surface area (Å²) in [6.07, 6.45) is 15.7. The summed E-state index contributed by atoms with van der Waals surface area (Å²) in [7, 11) is 0. The zero-order valence-electron chi connectivity index (χ0n) is 14.0. The summed E-state index contributed by atoms with van der Waals surface area (Å²) in [6.45, 7) is 3.12. The van der Waals surface area contributed by atoms with E-state index in [0.717, 1.165) is 38.6 Å². The van der Waals surface area contributed by atoms with Gasteiger partial charge in [-0.25, -0.2) is 0 Å². The summed E-state index contributed by atoms with van der Waals surface area (Å²) < 4.78 is 0. The Bertz CT molecular complexity index is 260. The maximum absolute atomic E-state index is 11.9. The highest BCUT2D eigenvalue weighted by Gasteiger charge is 2.20. The molecule has 0 heterocycles. The lowest BCUT2D eigenvalue weighted by molar-refractivity contribution is -0.122. The van der Waals surface area contributed by atoms with Gasteiger partial charge in [-0.3, -0.25) is 4.79 Å². The van der Waals surface area contributed by atoms with E-state index >= 15 is 0 Å². The van der Waals surface area contributed by atoms with Crippen molar-refractivity contribution in [3.8, 4) is 0 Å². The summed E-state index contributed by atoms with van der Waals surface area (Å²) in [5.74, 6) is 0.821. The van der Waals surface area contributed by atoms with Gasteiger partial charge in [0, 0.05) is 19.0 Å². The molecule has 0 aromatic heterocycles. The van der Waals surface area contributed by atoms with E-state index in [1.807, 2.05) is 0 Å². The molecule has 0 saturated heterocycles. The minimum absolute atomic E-state index is 0.249. The van der Waals surface area contributed by atoms with E-state index in [4.69, 9.17) is 5.73 Å². The van der Waals surface area contributed by atoms with Gasteiger partial charge in [0.05, 0.1) is 0 Å². The van der Waals surface area contributed by atoms with Crippen molar-refractivity contribution in [1.82, 2.24) is 5.32 Å². The van der Waals surface area contributed by atoms with Crippen LogP contribution in [0, 0.1) is 5.92 Å². The number of hydrogen-bond acceptors (Lipinski definition) is 2. The second-order valence-electron chi connectivity index (χ2n) is 6.81. The maximum atomic E-state index is 11.9. The van der Waals surface area contributed by atoms with Crippen LogP contribution in [-0.2, 0) is 4.79 Å². The van der Waals surface area contributed by atoms with E-state index in [9.17, 15) is 4.79 Å². The number of rotatable bonds is 11. The van der Waals surface area contributed by atoms with Crippen LogP contribution in [0.25, 0.3) is 0 Å². The molecule has 3 nitrogen and oxygen atoms in total. The lowest BCUT2D eigenvalue weighted by Crippen LogP contribution is -2.31. The lowest BCUT2D eigenvalue weighted by Gasteiger charge is -2.25. The van der Waals surface area contributed by atoms with Crippen LogP contribution in [0.4, 0.5) is 0 Å². The monoisotopic (exact) mass is 296 g/mol. The van der Waals surface area contributed by atoms with Gasteiger partial charge in [-0.1, -0.05) is 51.9 Å². The number of hydrogen-bond donors (Lipinski definition) is 2. The summed E-state index contributed by atoms with van der Waals surface area (Å²) in [5.41, 5.74) is 5.89. The number of unbranched alkanes of at least 4 members (excludes halogenated alkanes) is 7. The lowest BCUT2D eigenvalue weighted by atomic mass is 9.84. The van der Waals surface area contributed by atoms with Crippen LogP contribution >= 0.6 is 0 Å². The molecule has 1 amide bonds. The quantitative estimate of drug-likeness (QED) is 0.563. The predicted molar refractivity (Wildman–Crippen MR) is 90.2 cm³/mol. The highest BCUT2D eigenvalue weighted by molar-refractivity contribution is 5.76. The van der Waals surface area contributed by atoms with Crippen LogP contribution in [-0.4, -0.2) is 18.5 Å². The molecule has 1 aliphatic rings. The van der Waals surface area contributed by atoms with Crippen LogP contribution in [0.1, 0.15) is 90.4 Å².